The molecule has 0 aliphatic carbocycles. The van der Waals surface area contributed by atoms with Gasteiger partial charge in [0.1, 0.15) is 0 Å². The molecule has 0 unspecified atom stereocenters. The van der Waals surface area contributed by atoms with Crippen LogP contribution in [0.1, 0.15) is 43.7 Å². The number of hydrogen-bond donors (Lipinski definition) is 2. The van der Waals surface area contributed by atoms with Crippen molar-refractivity contribution in [2.45, 2.75) is 45.7 Å². The number of nitrogens with one attached hydrogen (secondary N) is 2. The average molecular weight is 435 g/mol. The molecule has 31 heavy (non-hydrogen) atoms. The van der Waals surface area contributed by atoms with Gasteiger partial charge in [0.05, 0.1) is 5.56 Å². The summed E-state index contributed by atoms with van der Waals surface area (Å²) in [5, 5.41) is 5.43. The first-order chi connectivity index (χ1) is 14.7. The number of hydrogen-bond acceptors (Lipinski definition) is 2. The Labute approximate surface area is 180 Å². The van der Waals surface area contributed by atoms with Gasteiger partial charge >= 0.3 is 12.2 Å². The minimum atomic E-state index is -4.53. The predicted octanol–water partition coefficient (Wildman–Crippen LogP) is 5.75. The molecule has 0 saturated heterocycles. The number of amides is 3. The highest BCUT2D eigenvalue weighted by Gasteiger charge is 2.31. The van der Waals surface area contributed by atoms with Crippen LogP contribution in [0.5, 0.6) is 0 Å². The largest absolute Gasteiger partial charge is 0.416 e. The minimum Gasteiger partial charge on any atom is -0.354 e. The van der Waals surface area contributed by atoms with Crippen LogP contribution in [0.4, 0.5) is 29.3 Å². The monoisotopic (exact) mass is 435 g/mol. The molecule has 0 radical (unpaired) electrons. The Morgan fingerprint density at radius 3 is 2.39 bits per heavy atom. The lowest BCUT2D eigenvalue weighted by Crippen LogP contribution is -2.41. The van der Waals surface area contributed by atoms with E-state index < -0.39 is 17.8 Å². The third-order valence-corrected chi connectivity index (χ3v) is 4.70. The fourth-order valence-electron chi connectivity index (χ4n) is 2.96. The first-order valence-electron chi connectivity index (χ1n) is 10.3. The van der Waals surface area contributed by atoms with Gasteiger partial charge in [0, 0.05) is 30.9 Å². The number of aryl methyl sites for hydroxylation is 1. The zero-order valence-electron chi connectivity index (χ0n) is 17.8. The zero-order valence-corrected chi connectivity index (χ0v) is 17.8. The van der Waals surface area contributed by atoms with Gasteiger partial charge in [0.2, 0.25) is 5.91 Å². The van der Waals surface area contributed by atoms with Crippen LogP contribution in [0.2, 0.25) is 0 Å². The van der Waals surface area contributed by atoms with Crippen molar-refractivity contribution in [3.63, 3.8) is 0 Å². The quantitative estimate of drug-likeness (QED) is 0.493. The molecule has 2 aromatic rings. The number of alkyl halides is 3. The van der Waals surface area contributed by atoms with Crippen LogP contribution in [-0.4, -0.2) is 25.0 Å². The van der Waals surface area contributed by atoms with Gasteiger partial charge in [0.15, 0.2) is 0 Å². The maximum Gasteiger partial charge on any atom is 0.416 e. The third kappa shape index (κ3) is 7.96. The molecule has 8 heteroatoms. The summed E-state index contributed by atoms with van der Waals surface area (Å²) in [4.78, 5) is 26.0. The first kappa shape index (κ1) is 24.2. The number of unbranched alkanes of at least 4 members (excludes halogenated alkanes) is 2. The number of anilines is 2. The maximum atomic E-state index is 13.1. The standard InChI is InChI=1S/C23H28F3N3O2/c1-3-4-5-9-21(30)27-14-15-29(20-8-6-7-18(16-20)23(24,25)26)22(31)28-19-12-10-17(2)11-13-19/h6-8,10-13,16H,3-5,9,14-15H2,1-2H3,(H,27,30)(H,28,31). The molecule has 168 valence electrons. The highest BCUT2D eigenvalue weighted by Crippen LogP contribution is 2.31. The van der Waals surface area contributed by atoms with E-state index in [-0.39, 0.29) is 24.7 Å². The smallest absolute Gasteiger partial charge is 0.354 e. The topological polar surface area (TPSA) is 61.4 Å². The van der Waals surface area contributed by atoms with Crippen LogP contribution in [0.25, 0.3) is 0 Å². The maximum absolute atomic E-state index is 13.1. The average Bonchev–Trinajstić information content (AvgIpc) is 2.72. The zero-order chi connectivity index (χ0) is 22.9. The molecule has 0 bridgehead atoms. The number of benzene rings is 2. The highest BCUT2D eigenvalue weighted by atomic mass is 19.4. The Bertz CT molecular complexity index is 867. The Balaban J connectivity index is 2.14. The third-order valence-electron chi connectivity index (χ3n) is 4.70. The second-order valence-electron chi connectivity index (χ2n) is 7.30. The van der Waals surface area contributed by atoms with Crippen molar-refractivity contribution in [2.24, 2.45) is 0 Å². The van der Waals surface area contributed by atoms with Crippen LogP contribution in [0.15, 0.2) is 48.5 Å². The number of carbonyl (C=O) groups is 2. The summed E-state index contributed by atoms with van der Waals surface area (Å²) in [5.41, 5.74) is 0.788. The highest BCUT2D eigenvalue weighted by molar-refractivity contribution is 6.01. The predicted molar refractivity (Wildman–Crippen MR) is 116 cm³/mol. The molecule has 0 spiro atoms. The van der Waals surface area contributed by atoms with E-state index in [1.165, 1.54) is 17.0 Å². The summed E-state index contributed by atoms with van der Waals surface area (Å²) < 4.78 is 39.4. The van der Waals surface area contributed by atoms with Gasteiger partial charge in [-0.15, -0.1) is 0 Å². The molecule has 0 heterocycles. The fourth-order valence-corrected chi connectivity index (χ4v) is 2.96. The summed E-state index contributed by atoms with van der Waals surface area (Å²) in [6, 6.07) is 11.1. The van der Waals surface area contributed by atoms with Crippen molar-refractivity contribution >= 4 is 23.3 Å². The van der Waals surface area contributed by atoms with Gasteiger partial charge in [0.25, 0.3) is 0 Å². The molecule has 0 aliphatic heterocycles. The number of nitrogens with zero attached hydrogens (tertiary/aromatic N) is 1. The fraction of sp³-hybridized carbons (Fsp3) is 0.391. The van der Waals surface area contributed by atoms with E-state index in [9.17, 15) is 22.8 Å². The molecule has 0 saturated carbocycles. The summed E-state index contributed by atoms with van der Waals surface area (Å²) in [6.45, 7) is 4.10. The van der Waals surface area contributed by atoms with E-state index in [4.69, 9.17) is 0 Å². The molecule has 3 amide bonds. The van der Waals surface area contributed by atoms with Crippen molar-refractivity contribution in [2.75, 3.05) is 23.3 Å². The Kier molecular flexibility index (Phi) is 8.90. The second-order valence-corrected chi connectivity index (χ2v) is 7.30. The van der Waals surface area contributed by atoms with Gasteiger partial charge in [-0.2, -0.15) is 13.2 Å². The van der Waals surface area contributed by atoms with Gasteiger partial charge in [-0.05, 0) is 43.7 Å². The summed E-state index contributed by atoms with van der Waals surface area (Å²) in [7, 11) is 0. The van der Waals surface area contributed by atoms with Crippen LogP contribution >= 0.6 is 0 Å². The number of carbonyl (C=O) groups excluding carboxylic acids is 2. The first-order valence-corrected chi connectivity index (χ1v) is 10.3. The second kappa shape index (κ2) is 11.4. The summed E-state index contributed by atoms with van der Waals surface area (Å²) in [6.07, 6.45) is -1.43. The Morgan fingerprint density at radius 2 is 1.74 bits per heavy atom. The number of rotatable bonds is 9. The molecule has 2 N–H and O–H groups in total. The molecule has 0 fully saturated rings. The van der Waals surface area contributed by atoms with E-state index >= 15 is 0 Å². The molecular weight excluding hydrogens is 407 g/mol. The van der Waals surface area contributed by atoms with Crippen molar-refractivity contribution in [3.8, 4) is 0 Å². The lowest BCUT2D eigenvalue weighted by atomic mass is 10.2. The van der Waals surface area contributed by atoms with E-state index in [1.807, 2.05) is 26.0 Å². The van der Waals surface area contributed by atoms with E-state index in [2.05, 4.69) is 10.6 Å². The summed E-state index contributed by atoms with van der Waals surface area (Å²) in [5.74, 6) is -0.142. The van der Waals surface area contributed by atoms with Crippen LogP contribution in [-0.2, 0) is 11.0 Å². The van der Waals surface area contributed by atoms with Crippen molar-refractivity contribution in [1.82, 2.24) is 5.32 Å². The molecule has 0 aromatic heterocycles. The lowest BCUT2D eigenvalue weighted by molar-refractivity contribution is -0.137. The molecule has 2 aromatic carbocycles. The minimum absolute atomic E-state index is 0.0263. The van der Waals surface area contributed by atoms with E-state index in [0.29, 0.717) is 12.1 Å². The van der Waals surface area contributed by atoms with Crippen molar-refractivity contribution < 1.29 is 22.8 Å². The van der Waals surface area contributed by atoms with Gasteiger partial charge in [-0.25, -0.2) is 4.79 Å². The Morgan fingerprint density at radius 1 is 1.03 bits per heavy atom. The number of urea groups is 1. The van der Waals surface area contributed by atoms with Gasteiger partial charge in [-0.3, -0.25) is 9.69 Å². The van der Waals surface area contributed by atoms with Crippen molar-refractivity contribution in [3.05, 3.63) is 59.7 Å². The van der Waals surface area contributed by atoms with Crippen LogP contribution in [0.3, 0.4) is 0 Å². The molecule has 2 rings (SSSR count). The molecule has 0 atom stereocenters. The van der Waals surface area contributed by atoms with Crippen LogP contribution < -0.4 is 15.5 Å². The normalized spacial score (nSPS) is 11.1. The van der Waals surface area contributed by atoms with Crippen molar-refractivity contribution in [1.29, 1.82) is 0 Å². The lowest BCUT2D eigenvalue weighted by Gasteiger charge is -2.24. The van der Waals surface area contributed by atoms with Gasteiger partial charge < -0.3 is 10.6 Å². The van der Waals surface area contributed by atoms with Gasteiger partial charge in [-0.1, -0.05) is 43.5 Å². The molecule has 5 nitrogen and oxygen atoms in total. The Hall–Kier alpha value is -3.03. The van der Waals surface area contributed by atoms with E-state index in [1.54, 1.807) is 12.1 Å². The van der Waals surface area contributed by atoms with Crippen LogP contribution in [0, 0.1) is 6.92 Å². The number of halogens is 3. The van der Waals surface area contributed by atoms with E-state index in [0.717, 1.165) is 37.0 Å². The molecular formula is C23H28F3N3O2. The summed E-state index contributed by atoms with van der Waals surface area (Å²) >= 11 is 0. The SMILES string of the molecule is CCCCCC(=O)NCCN(C(=O)Nc1ccc(C)cc1)c1cccc(C(F)(F)F)c1. The molecule has 0 aliphatic rings.